The molecule has 0 aliphatic carbocycles. The predicted octanol–water partition coefficient (Wildman–Crippen LogP) is 0.808. The summed E-state index contributed by atoms with van der Waals surface area (Å²) < 4.78 is 33.2. The second-order valence-corrected chi connectivity index (χ2v) is 7.32. The molecule has 1 aliphatic rings. The third-order valence-electron chi connectivity index (χ3n) is 3.77. The highest BCUT2D eigenvalue weighted by molar-refractivity contribution is 7.90. The van der Waals surface area contributed by atoms with E-state index in [9.17, 15) is 18.0 Å². The fourth-order valence-electron chi connectivity index (χ4n) is 2.32. The number of carbonyl (C=O) groups is 2. The number of nitrogens with two attached hydrogens (primary N) is 1. The lowest BCUT2D eigenvalue weighted by Gasteiger charge is -2.02. The molecule has 1 heterocycles. The van der Waals surface area contributed by atoms with Crippen LogP contribution in [0.4, 0.5) is 5.69 Å². The van der Waals surface area contributed by atoms with Crippen molar-refractivity contribution in [2.24, 2.45) is 4.40 Å². The van der Waals surface area contributed by atoms with Gasteiger partial charge in [-0.3, -0.25) is 14.9 Å². The third-order valence-corrected chi connectivity index (χ3v) is 5.06. The number of nitrogen functional groups attached to an aromatic ring is 1. The maximum absolute atomic E-state index is 12.3. The molecule has 4 N–H and O–H groups in total. The Kier molecular flexibility index (Phi) is 5.14. The Labute approximate surface area is 161 Å². The summed E-state index contributed by atoms with van der Waals surface area (Å²) in [6, 6.07) is 11.8. The first-order chi connectivity index (χ1) is 13.3. The van der Waals surface area contributed by atoms with Crippen LogP contribution in [-0.2, 0) is 14.8 Å². The molecule has 3 rings (SSSR count). The lowest BCUT2D eigenvalue weighted by molar-refractivity contribution is -0.115. The SMILES string of the molecule is COc1ccc(C(=O)/C=C2\N/C(=N\S(=O)(=O)c3ccc(N)cc3)NC2=O)cc1. The summed E-state index contributed by atoms with van der Waals surface area (Å²) in [4.78, 5) is 24.2. The van der Waals surface area contributed by atoms with Gasteiger partial charge >= 0.3 is 0 Å². The molecule has 144 valence electrons. The second-order valence-electron chi connectivity index (χ2n) is 5.71. The summed E-state index contributed by atoms with van der Waals surface area (Å²) in [5.74, 6) is -0.824. The summed E-state index contributed by atoms with van der Waals surface area (Å²) in [5, 5.41) is 4.77. The average Bonchev–Trinajstić information content (AvgIpc) is 3.00. The zero-order valence-corrected chi connectivity index (χ0v) is 15.5. The lowest BCUT2D eigenvalue weighted by atomic mass is 10.1. The van der Waals surface area contributed by atoms with Crippen molar-refractivity contribution in [3.8, 4) is 5.75 Å². The molecule has 1 fully saturated rings. The zero-order valence-electron chi connectivity index (χ0n) is 14.7. The van der Waals surface area contributed by atoms with Crippen molar-refractivity contribution in [1.29, 1.82) is 0 Å². The lowest BCUT2D eigenvalue weighted by Crippen LogP contribution is -2.26. The number of amides is 1. The molecule has 9 nitrogen and oxygen atoms in total. The van der Waals surface area contributed by atoms with Gasteiger partial charge in [0.2, 0.25) is 5.96 Å². The fraction of sp³-hybridized carbons (Fsp3) is 0.0556. The van der Waals surface area contributed by atoms with Crippen LogP contribution in [0, 0.1) is 0 Å². The topological polar surface area (TPSA) is 140 Å². The van der Waals surface area contributed by atoms with E-state index in [0.29, 0.717) is 17.0 Å². The maximum atomic E-state index is 12.3. The number of hydrogen-bond donors (Lipinski definition) is 3. The van der Waals surface area contributed by atoms with Gasteiger partial charge in [0.15, 0.2) is 5.78 Å². The predicted molar refractivity (Wildman–Crippen MR) is 102 cm³/mol. The van der Waals surface area contributed by atoms with Gasteiger partial charge in [0.25, 0.3) is 15.9 Å². The normalized spacial score (nSPS) is 16.7. The fourth-order valence-corrected chi connectivity index (χ4v) is 3.24. The van der Waals surface area contributed by atoms with E-state index in [2.05, 4.69) is 15.0 Å². The monoisotopic (exact) mass is 400 g/mol. The largest absolute Gasteiger partial charge is 0.497 e. The van der Waals surface area contributed by atoms with Gasteiger partial charge in [0.1, 0.15) is 11.4 Å². The van der Waals surface area contributed by atoms with Gasteiger partial charge in [-0.25, -0.2) is 0 Å². The van der Waals surface area contributed by atoms with Gasteiger partial charge in [0, 0.05) is 17.3 Å². The van der Waals surface area contributed by atoms with Crippen LogP contribution in [0.3, 0.4) is 0 Å². The number of nitrogens with one attached hydrogen (secondary N) is 2. The highest BCUT2D eigenvalue weighted by atomic mass is 32.2. The van der Waals surface area contributed by atoms with Crippen molar-refractivity contribution in [3.05, 3.63) is 65.9 Å². The van der Waals surface area contributed by atoms with Crippen molar-refractivity contribution < 1.29 is 22.7 Å². The van der Waals surface area contributed by atoms with E-state index in [0.717, 1.165) is 6.08 Å². The van der Waals surface area contributed by atoms with Crippen LogP contribution in [0.5, 0.6) is 5.75 Å². The van der Waals surface area contributed by atoms with Crippen molar-refractivity contribution in [1.82, 2.24) is 10.6 Å². The molecule has 1 saturated heterocycles. The minimum absolute atomic E-state index is 0.0861. The van der Waals surface area contributed by atoms with E-state index in [4.69, 9.17) is 10.5 Å². The molecule has 1 amide bonds. The molecule has 0 atom stereocenters. The number of carbonyl (C=O) groups excluding carboxylic acids is 2. The minimum Gasteiger partial charge on any atom is -0.497 e. The Morgan fingerprint density at radius 3 is 2.32 bits per heavy atom. The van der Waals surface area contributed by atoms with Crippen LogP contribution >= 0.6 is 0 Å². The number of anilines is 1. The van der Waals surface area contributed by atoms with E-state index in [1.807, 2.05) is 0 Å². The number of sulfonamides is 1. The number of guanidine groups is 1. The number of rotatable bonds is 5. The molecule has 0 aromatic heterocycles. The first-order valence-corrected chi connectivity index (χ1v) is 9.41. The van der Waals surface area contributed by atoms with E-state index < -0.39 is 21.7 Å². The molecule has 0 radical (unpaired) electrons. The third kappa shape index (κ3) is 4.18. The molecule has 2 aromatic rings. The molecule has 0 unspecified atom stereocenters. The summed E-state index contributed by atoms with van der Waals surface area (Å²) in [6.07, 6.45) is 1.06. The molecule has 2 aromatic carbocycles. The smallest absolute Gasteiger partial charge is 0.285 e. The highest BCUT2D eigenvalue weighted by Gasteiger charge is 2.25. The van der Waals surface area contributed by atoms with E-state index in [1.54, 1.807) is 24.3 Å². The average molecular weight is 400 g/mol. The van der Waals surface area contributed by atoms with E-state index >= 15 is 0 Å². The van der Waals surface area contributed by atoms with Gasteiger partial charge in [-0.1, -0.05) is 0 Å². The van der Waals surface area contributed by atoms with Crippen molar-refractivity contribution >= 4 is 33.4 Å². The van der Waals surface area contributed by atoms with Crippen LogP contribution in [0.2, 0.25) is 0 Å². The summed E-state index contributed by atoms with van der Waals surface area (Å²) in [7, 11) is -2.56. The number of methoxy groups -OCH3 is 1. The standard InChI is InChI=1S/C18H16N4O5S/c1-27-13-6-2-11(3-7-13)16(23)10-15-17(24)21-18(20-15)22-28(25,26)14-8-4-12(19)5-9-14/h2-10H,19H2,1H3,(H2,20,21,22,24)/b15-10-. The number of allylic oxidation sites excluding steroid dienone is 1. The number of ether oxygens (including phenoxy) is 1. The first-order valence-electron chi connectivity index (χ1n) is 7.97. The second kappa shape index (κ2) is 7.53. The van der Waals surface area contributed by atoms with Gasteiger partial charge in [-0.05, 0) is 48.5 Å². The van der Waals surface area contributed by atoms with Gasteiger partial charge in [-0.2, -0.15) is 8.42 Å². The minimum atomic E-state index is -4.07. The Morgan fingerprint density at radius 1 is 1.07 bits per heavy atom. The summed E-state index contributed by atoms with van der Waals surface area (Å²) in [6.45, 7) is 0. The number of ketones is 1. The number of nitrogens with zero attached hydrogens (tertiary/aromatic N) is 1. The van der Waals surface area contributed by atoms with Crippen LogP contribution in [-0.4, -0.2) is 33.2 Å². The molecule has 0 spiro atoms. The number of hydrogen-bond acceptors (Lipinski definition) is 6. The Morgan fingerprint density at radius 2 is 1.71 bits per heavy atom. The van der Waals surface area contributed by atoms with Gasteiger partial charge in [0.05, 0.1) is 12.0 Å². The van der Waals surface area contributed by atoms with Crippen LogP contribution in [0.15, 0.2) is 69.6 Å². The summed E-state index contributed by atoms with van der Waals surface area (Å²) in [5.41, 5.74) is 6.16. The Balaban J connectivity index is 1.80. The van der Waals surface area contributed by atoms with Crippen molar-refractivity contribution in [2.45, 2.75) is 4.90 Å². The molecule has 10 heteroatoms. The quantitative estimate of drug-likeness (QED) is 0.383. The van der Waals surface area contributed by atoms with Crippen LogP contribution in [0.25, 0.3) is 0 Å². The first kappa shape index (κ1) is 19.1. The van der Waals surface area contributed by atoms with Gasteiger partial charge in [-0.15, -0.1) is 4.40 Å². The summed E-state index contributed by atoms with van der Waals surface area (Å²) >= 11 is 0. The van der Waals surface area contributed by atoms with E-state index in [-0.39, 0.29) is 16.6 Å². The molecular weight excluding hydrogens is 384 g/mol. The zero-order chi connectivity index (χ0) is 20.3. The van der Waals surface area contributed by atoms with Crippen LogP contribution in [0.1, 0.15) is 10.4 Å². The Hall–Kier alpha value is -3.66. The van der Waals surface area contributed by atoms with Crippen LogP contribution < -0.4 is 21.1 Å². The molecular formula is C18H16N4O5S. The van der Waals surface area contributed by atoms with E-state index in [1.165, 1.54) is 31.4 Å². The molecule has 0 saturated carbocycles. The molecule has 28 heavy (non-hydrogen) atoms. The van der Waals surface area contributed by atoms with Crippen molar-refractivity contribution in [3.63, 3.8) is 0 Å². The molecule has 0 bridgehead atoms. The number of benzene rings is 2. The van der Waals surface area contributed by atoms with Gasteiger partial charge < -0.3 is 15.8 Å². The highest BCUT2D eigenvalue weighted by Crippen LogP contribution is 2.16. The Bertz CT molecular complexity index is 1090. The molecule has 1 aliphatic heterocycles. The maximum Gasteiger partial charge on any atom is 0.285 e. The van der Waals surface area contributed by atoms with Crippen molar-refractivity contribution in [2.75, 3.05) is 12.8 Å².